The topological polar surface area (TPSA) is 92.8 Å². The Balaban J connectivity index is 1.76. The monoisotopic (exact) mass is 290 g/mol. The van der Waals surface area contributed by atoms with Crippen LogP contribution in [0.3, 0.4) is 0 Å². The van der Waals surface area contributed by atoms with Gasteiger partial charge in [0.25, 0.3) is 0 Å². The third-order valence-corrected chi connectivity index (χ3v) is 5.04. The third-order valence-electron chi connectivity index (χ3n) is 3.27. The number of amides is 2. The fraction of sp³-hybridized carbons (Fsp3) is 0.818. The van der Waals surface area contributed by atoms with Crippen molar-refractivity contribution in [2.24, 2.45) is 0 Å². The SMILES string of the molecule is O=C(CC(=O)N1CCOCC1)NC1CCS(=O)(=O)C1. The number of morpholine rings is 1. The Hall–Kier alpha value is -1.15. The maximum absolute atomic E-state index is 11.8. The number of carbonyl (C=O) groups is 2. The van der Waals surface area contributed by atoms with Crippen LogP contribution in [-0.2, 0) is 24.2 Å². The van der Waals surface area contributed by atoms with E-state index in [9.17, 15) is 18.0 Å². The molecule has 0 spiro atoms. The van der Waals surface area contributed by atoms with Gasteiger partial charge < -0.3 is 15.0 Å². The molecule has 0 aromatic carbocycles. The molecule has 1 atom stereocenters. The van der Waals surface area contributed by atoms with Crippen LogP contribution in [0.15, 0.2) is 0 Å². The van der Waals surface area contributed by atoms with E-state index in [0.717, 1.165) is 0 Å². The molecule has 2 amide bonds. The molecule has 2 rings (SSSR count). The zero-order chi connectivity index (χ0) is 13.9. The van der Waals surface area contributed by atoms with E-state index >= 15 is 0 Å². The standard InChI is InChI=1S/C11H18N2O5S/c14-10(12-9-1-6-19(16,17)8-9)7-11(15)13-2-4-18-5-3-13/h9H,1-8H2,(H,12,14). The smallest absolute Gasteiger partial charge is 0.232 e. The summed E-state index contributed by atoms with van der Waals surface area (Å²) in [6.45, 7) is 2.00. The lowest BCUT2D eigenvalue weighted by atomic mass is 10.2. The molecule has 1 N–H and O–H groups in total. The fourth-order valence-electron chi connectivity index (χ4n) is 2.25. The molecule has 8 heteroatoms. The third kappa shape index (κ3) is 4.17. The summed E-state index contributed by atoms with van der Waals surface area (Å²) in [7, 11) is -3.02. The number of carbonyl (C=O) groups excluding carboxylic acids is 2. The van der Waals surface area contributed by atoms with Crippen LogP contribution in [0.5, 0.6) is 0 Å². The van der Waals surface area contributed by atoms with Crippen molar-refractivity contribution in [3.63, 3.8) is 0 Å². The molecule has 0 radical (unpaired) electrons. The first-order valence-corrected chi connectivity index (χ1v) is 8.14. The van der Waals surface area contributed by atoms with Crippen LogP contribution in [0.2, 0.25) is 0 Å². The zero-order valence-electron chi connectivity index (χ0n) is 10.6. The van der Waals surface area contributed by atoms with E-state index in [4.69, 9.17) is 4.74 Å². The second-order valence-electron chi connectivity index (χ2n) is 4.84. The molecule has 0 aliphatic carbocycles. The Kier molecular flexibility index (Phi) is 4.41. The molecule has 19 heavy (non-hydrogen) atoms. The summed E-state index contributed by atoms with van der Waals surface area (Å²) >= 11 is 0. The Morgan fingerprint density at radius 3 is 2.53 bits per heavy atom. The van der Waals surface area contributed by atoms with Crippen LogP contribution in [0.25, 0.3) is 0 Å². The molecule has 0 bridgehead atoms. The van der Waals surface area contributed by atoms with Gasteiger partial charge in [0.2, 0.25) is 11.8 Å². The number of rotatable bonds is 3. The van der Waals surface area contributed by atoms with E-state index < -0.39 is 15.7 Å². The van der Waals surface area contributed by atoms with Crippen LogP contribution in [0, 0.1) is 0 Å². The van der Waals surface area contributed by atoms with Crippen LogP contribution >= 0.6 is 0 Å². The Bertz CT molecular complexity index is 456. The summed E-state index contributed by atoms with van der Waals surface area (Å²) in [5, 5.41) is 2.61. The Labute approximate surface area is 112 Å². The van der Waals surface area contributed by atoms with Crippen molar-refractivity contribution in [1.82, 2.24) is 10.2 Å². The normalized spacial score (nSPS) is 26.1. The van der Waals surface area contributed by atoms with Crippen LogP contribution in [0.1, 0.15) is 12.8 Å². The van der Waals surface area contributed by atoms with E-state index in [1.54, 1.807) is 4.90 Å². The Morgan fingerprint density at radius 2 is 1.95 bits per heavy atom. The van der Waals surface area contributed by atoms with Crippen molar-refractivity contribution in [2.45, 2.75) is 18.9 Å². The minimum atomic E-state index is -3.02. The van der Waals surface area contributed by atoms with Crippen LogP contribution in [-0.4, -0.2) is 69.0 Å². The van der Waals surface area contributed by atoms with E-state index in [0.29, 0.717) is 32.7 Å². The van der Waals surface area contributed by atoms with Gasteiger partial charge in [-0.05, 0) is 6.42 Å². The average Bonchev–Trinajstić information content (AvgIpc) is 2.69. The van der Waals surface area contributed by atoms with Crippen LogP contribution in [0.4, 0.5) is 0 Å². The van der Waals surface area contributed by atoms with Gasteiger partial charge in [0, 0.05) is 19.1 Å². The van der Waals surface area contributed by atoms with Gasteiger partial charge in [0.05, 0.1) is 24.7 Å². The summed E-state index contributed by atoms with van der Waals surface area (Å²) in [6.07, 6.45) is 0.205. The summed E-state index contributed by atoms with van der Waals surface area (Å²) in [5.41, 5.74) is 0. The first-order chi connectivity index (χ1) is 8.96. The van der Waals surface area contributed by atoms with Gasteiger partial charge >= 0.3 is 0 Å². The minimum Gasteiger partial charge on any atom is -0.378 e. The Morgan fingerprint density at radius 1 is 1.26 bits per heavy atom. The van der Waals surface area contributed by atoms with Crippen molar-refractivity contribution in [2.75, 3.05) is 37.8 Å². The second-order valence-corrected chi connectivity index (χ2v) is 7.07. The predicted octanol–water partition coefficient (Wildman–Crippen LogP) is -1.46. The molecule has 2 saturated heterocycles. The maximum atomic E-state index is 11.8. The molecular weight excluding hydrogens is 272 g/mol. The number of ether oxygens (including phenoxy) is 1. The molecule has 108 valence electrons. The van der Waals surface area contributed by atoms with E-state index in [1.165, 1.54) is 0 Å². The molecule has 0 aromatic rings. The lowest BCUT2D eigenvalue weighted by molar-refractivity contribution is -0.139. The number of nitrogens with one attached hydrogen (secondary N) is 1. The summed E-state index contributed by atoms with van der Waals surface area (Å²) in [5.74, 6) is -0.555. The lowest BCUT2D eigenvalue weighted by Crippen LogP contribution is -2.44. The molecule has 0 aromatic heterocycles. The number of hydrogen-bond acceptors (Lipinski definition) is 5. The first kappa shape index (κ1) is 14.3. The zero-order valence-corrected chi connectivity index (χ0v) is 11.4. The van der Waals surface area contributed by atoms with E-state index in [1.807, 2.05) is 0 Å². The molecule has 2 aliphatic rings. The van der Waals surface area contributed by atoms with Gasteiger partial charge in [0.1, 0.15) is 6.42 Å². The molecule has 2 fully saturated rings. The first-order valence-electron chi connectivity index (χ1n) is 6.31. The number of sulfone groups is 1. The highest BCUT2D eigenvalue weighted by Crippen LogP contribution is 2.11. The fourth-order valence-corrected chi connectivity index (χ4v) is 3.92. The quantitative estimate of drug-likeness (QED) is 0.641. The number of nitrogens with zero attached hydrogens (tertiary/aromatic N) is 1. The van der Waals surface area contributed by atoms with Gasteiger partial charge in [-0.2, -0.15) is 0 Å². The lowest BCUT2D eigenvalue weighted by Gasteiger charge is -2.26. The van der Waals surface area contributed by atoms with E-state index in [-0.39, 0.29) is 29.9 Å². The highest BCUT2D eigenvalue weighted by molar-refractivity contribution is 7.91. The molecule has 2 heterocycles. The highest BCUT2D eigenvalue weighted by atomic mass is 32.2. The highest BCUT2D eigenvalue weighted by Gasteiger charge is 2.29. The molecular formula is C11H18N2O5S. The molecule has 2 aliphatic heterocycles. The minimum absolute atomic E-state index is 0.0233. The van der Waals surface area contributed by atoms with Crippen LogP contribution < -0.4 is 5.32 Å². The largest absolute Gasteiger partial charge is 0.378 e. The van der Waals surface area contributed by atoms with Gasteiger partial charge in [-0.1, -0.05) is 0 Å². The summed E-state index contributed by atoms with van der Waals surface area (Å²) < 4.78 is 27.6. The van der Waals surface area contributed by atoms with Crippen molar-refractivity contribution in [3.05, 3.63) is 0 Å². The van der Waals surface area contributed by atoms with Crippen molar-refractivity contribution in [1.29, 1.82) is 0 Å². The molecule has 7 nitrogen and oxygen atoms in total. The van der Waals surface area contributed by atoms with Gasteiger partial charge in [-0.25, -0.2) is 8.42 Å². The van der Waals surface area contributed by atoms with Gasteiger partial charge in [-0.3, -0.25) is 9.59 Å². The van der Waals surface area contributed by atoms with Gasteiger partial charge in [-0.15, -0.1) is 0 Å². The molecule has 0 saturated carbocycles. The summed E-state index contributed by atoms with van der Waals surface area (Å²) in [4.78, 5) is 25.1. The number of hydrogen-bond donors (Lipinski definition) is 1. The van der Waals surface area contributed by atoms with Crippen molar-refractivity contribution < 1.29 is 22.7 Å². The average molecular weight is 290 g/mol. The van der Waals surface area contributed by atoms with Crippen molar-refractivity contribution in [3.8, 4) is 0 Å². The second kappa shape index (κ2) is 5.87. The summed E-state index contributed by atoms with van der Waals surface area (Å²) in [6, 6.07) is -0.352. The van der Waals surface area contributed by atoms with E-state index in [2.05, 4.69) is 5.32 Å². The van der Waals surface area contributed by atoms with Gasteiger partial charge in [0.15, 0.2) is 9.84 Å². The molecule has 1 unspecified atom stereocenters. The predicted molar refractivity (Wildman–Crippen MR) is 67.2 cm³/mol. The maximum Gasteiger partial charge on any atom is 0.232 e. The van der Waals surface area contributed by atoms with Crippen molar-refractivity contribution >= 4 is 21.7 Å².